The number of likely N-dealkylation sites (N-methyl/N-ethyl adjacent to an activating group) is 2. The first kappa shape index (κ1) is 24.1. The number of halogens is 1. The number of amides is 1. The van der Waals surface area contributed by atoms with E-state index in [0.717, 1.165) is 5.56 Å². The third kappa shape index (κ3) is 7.54. The van der Waals surface area contributed by atoms with E-state index in [1.54, 1.807) is 21.9 Å². The summed E-state index contributed by atoms with van der Waals surface area (Å²) in [6.45, 7) is 8.53. The van der Waals surface area contributed by atoms with E-state index in [-0.39, 0.29) is 42.1 Å². The molecular weight excluding hydrogens is 449 g/mol. The number of nitrogens with one attached hydrogen (secondary N) is 1. The van der Waals surface area contributed by atoms with E-state index in [0.29, 0.717) is 32.1 Å². The molecule has 8 nitrogen and oxygen atoms in total. The van der Waals surface area contributed by atoms with Crippen LogP contribution in [0.2, 0.25) is 0 Å². The van der Waals surface area contributed by atoms with Crippen molar-refractivity contribution >= 4 is 41.5 Å². The molecule has 0 unspecified atom stereocenters. The van der Waals surface area contributed by atoms with Crippen molar-refractivity contribution in [3.05, 3.63) is 39.9 Å². The highest BCUT2D eigenvalue weighted by molar-refractivity contribution is 14.0. The Morgan fingerprint density at radius 1 is 1.19 bits per heavy atom. The molecule has 0 saturated heterocycles. The van der Waals surface area contributed by atoms with Crippen LogP contribution in [0.25, 0.3) is 0 Å². The van der Waals surface area contributed by atoms with Crippen molar-refractivity contribution in [2.45, 2.75) is 27.3 Å². The highest BCUT2D eigenvalue weighted by Gasteiger charge is 2.15. The zero-order chi connectivity index (χ0) is 18.8. The molecule has 0 aliphatic carbocycles. The molecule has 9 heteroatoms. The smallest absolute Gasteiger partial charge is 0.269 e. The van der Waals surface area contributed by atoms with Crippen LogP contribution in [0.15, 0.2) is 29.3 Å². The van der Waals surface area contributed by atoms with Crippen LogP contribution in [0, 0.1) is 10.1 Å². The summed E-state index contributed by atoms with van der Waals surface area (Å²) in [4.78, 5) is 30.6. The number of nitrogens with zero attached hydrogens (tertiary/aromatic N) is 4. The quantitative estimate of drug-likeness (QED) is 0.204. The van der Waals surface area contributed by atoms with Gasteiger partial charge in [-0.2, -0.15) is 0 Å². The summed E-state index contributed by atoms with van der Waals surface area (Å²) < 4.78 is 0. The molecule has 1 rings (SSSR count). The molecule has 0 saturated carbocycles. The number of non-ortho nitro benzene ring substituents is 1. The molecule has 0 fully saturated rings. The molecule has 0 bridgehead atoms. The average Bonchev–Trinajstić information content (AvgIpc) is 2.59. The molecule has 26 heavy (non-hydrogen) atoms. The van der Waals surface area contributed by atoms with Gasteiger partial charge >= 0.3 is 0 Å². The molecule has 1 aromatic carbocycles. The molecule has 0 aliphatic rings. The van der Waals surface area contributed by atoms with Crippen LogP contribution in [0.1, 0.15) is 26.3 Å². The topological polar surface area (TPSA) is 91.1 Å². The zero-order valence-electron chi connectivity index (χ0n) is 15.8. The molecule has 0 spiro atoms. The van der Waals surface area contributed by atoms with Gasteiger partial charge in [-0.15, -0.1) is 24.0 Å². The van der Waals surface area contributed by atoms with Gasteiger partial charge in [-0.25, -0.2) is 4.99 Å². The minimum Gasteiger partial charge on any atom is -0.357 e. The van der Waals surface area contributed by atoms with Gasteiger partial charge in [0.2, 0.25) is 5.91 Å². The summed E-state index contributed by atoms with van der Waals surface area (Å²) in [5.41, 5.74) is 0.922. The summed E-state index contributed by atoms with van der Waals surface area (Å²) in [6, 6.07) is 6.30. The lowest BCUT2D eigenvalue weighted by Gasteiger charge is -2.25. The molecule has 1 N–H and O–H groups in total. The van der Waals surface area contributed by atoms with E-state index < -0.39 is 4.92 Å². The monoisotopic (exact) mass is 477 g/mol. The molecule has 0 heterocycles. The number of nitro benzene ring substituents is 1. The average molecular weight is 477 g/mol. The Kier molecular flexibility index (Phi) is 11.5. The number of benzene rings is 1. The van der Waals surface area contributed by atoms with Gasteiger partial charge in [0.1, 0.15) is 0 Å². The molecule has 0 aromatic heterocycles. The molecule has 146 valence electrons. The van der Waals surface area contributed by atoms with Gasteiger partial charge in [-0.05, 0) is 26.3 Å². The van der Waals surface area contributed by atoms with E-state index in [9.17, 15) is 14.9 Å². The predicted octanol–water partition coefficient (Wildman–Crippen LogP) is 2.48. The normalized spacial score (nSPS) is 10.7. The van der Waals surface area contributed by atoms with Crippen LogP contribution in [-0.2, 0) is 11.3 Å². The number of hydrogen-bond acceptors (Lipinski definition) is 4. The van der Waals surface area contributed by atoms with Crippen LogP contribution in [-0.4, -0.2) is 59.8 Å². The van der Waals surface area contributed by atoms with Crippen molar-refractivity contribution in [1.29, 1.82) is 0 Å². The molecular formula is C17H28IN5O3. The number of rotatable bonds is 8. The fraction of sp³-hybridized carbons (Fsp3) is 0.529. The van der Waals surface area contributed by atoms with Gasteiger partial charge in [0, 0.05) is 38.8 Å². The first-order chi connectivity index (χ1) is 11.9. The highest BCUT2D eigenvalue weighted by Crippen LogP contribution is 2.12. The Morgan fingerprint density at radius 2 is 1.77 bits per heavy atom. The third-order valence-corrected chi connectivity index (χ3v) is 3.74. The summed E-state index contributed by atoms with van der Waals surface area (Å²) in [5, 5.41) is 13.8. The maximum Gasteiger partial charge on any atom is 0.269 e. The number of aliphatic imine (C=N–C) groups is 1. The van der Waals surface area contributed by atoms with Crippen LogP contribution >= 0.6 is 24.0 Å². The second-order valence-corrected chi connectivity index (χ2v) is 5.52. The number of nitro groups is 1. The van der Waals surface area contributed by atoms with E-state index >= 15 is 0 Å². The highest BCUT2D eigenvalue weighted by atomic mass is 127. The minimum absolute atomic E-state index is 0. The van der Waals surface area contributed by atoms with Crippen LogP contribution in [0.3, 0.4) is 0 Å². The van der Waals surface area contributed by atoms with E-state index in [4.69, 9.17) is 0 Å². The van der Waals surface area contributed by atoms with Gasteiger partial charge in [-0.1, -0.05) is 12.1 Å². The van der Waals surface area contributed by atoms with Crippen molar-refractivity contribution in [1.82, 2.24) is 15.1 Å². The Hall–Kier alpha value is -1.91. The SMILES string of the molecule is CCNC(=NCc1ccc([N+](=O)[O-])cc1)N(C)CC(=O)N(CC)CC.I. The van der Waals surface area contributed by atoms with Crippen LogP contribution < -0.4 is 5.32 Å². The van der Waals surface area contributed by atoms with Gasteiger partial charge in [-0.3, -0.25) is 14.9 Å². The lowest BCUT2D eigenvalue weighted by molar-refractivity contribution is -0.384. The Balaban J connectivity index is 0.00000625. The fourth-order valence-electron chi connectivity index (χ4n) is 2.31. The van der Waals surface area contributed by atoms with Gasteiger partial charge in [0.25, 0.3) is 5.69 Å². The lowest BCUT2D eigenvalue weighted by atomic mass is 10.2. The number of carbonyl (C=O) groups is 1. The van der Waals surface area contributed by atoms with Gasteiger partial charge in [0.15, 0.2) is 5.96 Å². The van der Waals surface area contributed by atoms with E-state index in [1.807, 2.05) is 27.8 Å². The Bertz CT molecular complexity index is 603. The predicted molar refractivity (Wildman–Crippen MR) is 114 cm³/mol. The Morgan fingerprint density at radius 3 is 2.23 bits per heavy atom. The number of carbonyl (C=O) groups excluding carboxylic acids is 1. The number of guanidine groups is 1. The molecule has 0 atom stereocenters. The zero-order valence-corrected chi connectivity index (χ0v) is 18.1. The maximum absolute atomic E-state index is 12.2. The fourth-order valence-corrected chi connectivity index (χ4v) is 2.31. The van der Waals surface area contributed by atoms with Gasteiger partial charge < -0.3 is 15.1 Å². The minimum atomic E-state index is -0.427. The van der Waals surface area contributed by atoms with Crippen molar-refractivity contribution < 1.29 is 9.72 Å². The van der Waals surface area contributed by atoms with Crippen LogP contribution in [0.5, 0.6) is 0 Å². The summed E-state index contributed by atoms with van der Waals surface area (Å²) in [5.74, 6) is 0.676. The summed E-state index contributed by atoms with van der Waals surface area (Å²) in [7, 11) is 1.82. The third-order valence-electron chi connectivity index (χ3n) is 3.74. The standard InChI is InChI=1S/C17H27N5O3.HI/c1-5-18-17(20(4)13-16(23)21(6-2)7-3)19-12-14-8-10-15(11-9-14)22(24)25;/h8-11H,5-7,12-13H2,1-4H3,(H,18,19);1H. The van der Waals surface area contributed by atoms with Crippen molar-refractivity contribution in [3.8, 4) is 0 Å². The number of hydrogen-bond donors (Lipinski definition) is 1. The largest absolute Gasteiger partial charge is 0.357 e. The molecule has 1 aromatic rings. The first-order valence-corrected chi connectivity index (χ1v) is 8.43. The summed E-state index contributed by atoms with van der Waals surface area (Å²) in [6.07, 6.45) is 0. The second kappa shape index (κ2) is 12.4. The van der Waals surface area contributed by atoms with Crippen molar-refractivity contribution in [3.63, 3.8) is 0 Å². The molecule has 0 radical (unpaired) electrons. The lowest BCUT2D eigenvalue weighted by Crippen LogP contribution is -2.45. The van der Waals surface area contributed by atoms with Gasteiger partial charge in [0.05, 0.1) is 18.0 Å². The second-order valence-electron chi connectivity index (χ2n) is 5.52. The Labute approximate surface area is 171 Å². The van der Waals surface area contributed by atoms with E-state index in [1.165, 1.54) is 12.1 Å². The van der Waals surface area contributed by atoms with Crippen molar-refractivity contribution in [2.75, 3.05) is 33.2 Å². The molecule has 1 amide bonds. The van der Waals surface area contributed by atoms with Crippen molar-refractivity contribution in [2.24, 2.45) is 4.99 Å². The maximum atomic E-state index is 12.2. The van der Waals surface area contributed by atoms with Crippen LogP contribution in [0.4, 0.5) is 5.69 Å². The first-order valence-electron chi connectivity index (χ1n) is 8.43. The summed E-state index contributed by atoms with van der Waals surface area (Å²) >= 11 is 0. The molecule has 0 aliphatic heterocycles. The van der Waals surface area contributed by atoms with E-state index in [2.05, 4.69) is 10.3 Å².